The Kier molecular flexibility index (Phi) is 4.23. The van der Waals surface area contributed by atoms with Crippen molar-refractivity contribution in [2.45, 2.75) is 45.1 Å². The molecule has 2 rings (SSSR count). The number of rotatable bonds is 5. The number of hydrogen-bond acceptors (Lipinski definition) is 3. The van der Waals surface area contributed by atoms with Crippen LogP contribution in [0.5, 0.6) is 0 Å². The van der Waals surface area contributed by atoms with Crippen molar-refractivity contribution in [1.29, 1.82) is 0 Å². The van der Waals surface area contributed by atoms with Crippen LogP contribution in [-0.4, -0.2) is 17.1 Å². The molecule has 100 valence electrons. The average Bonchev–Trinajstić information content (AvgIpc) is 2.29. The van der Waals surface area contributed by atoms with Crippen molar-refractivity contribution in [3.05, 3.63) is 16.1 Å². The zero-order valence-corrected chi connectivity index (χ0v) is 12.3. The van der Waals surface area contributed by atoms with Crippen molar-refractivity contribution in [3.63, 3.8) is 0 Å². The van der Waals surface area contributed by atoms with Crippen LogP contribution in [0.1, 0.15) is 39.5 Å². The summed E-state index contributed by atoms with van der Waals surface area (Å²) in [6.45, 7) is 4.99. The lowest BCUT2D eigenvalue weighted by molar-refractivity contribution is 0.269. The molecule has 0 amide bonds. The van der Waals surface area contributed by atoms with Gasteiger partial charge in [-0.15, -0.1) is 0 Å². The van der Waals surface area contributed by atoms with Gasteiger partial charge in [-0.25, -0.2) is 4.98 Å². The zero-order valence-electron chi connectivity index (χ0n) is 10.8. The second kappa shape index (κ2) is 5.54. The highest BCUT2D eigenvalue weighted by Gasteiger charge is 2.35. The molecule has 1 aliphatic carbocycles. The average molecular weight is 288 g/mol. The van der Waals surface area contributed by atoms with Gasteiger partial charge in [0.1, 0.15) is 11.6 Å². The van der Waals surface area contributed by atoms with Crippen molar-refractivity contribution in [1.82, 2.24) is 4.98 Å². The SMILES string of the molecule is CCNc1nc(NC2(CC)CCC2)c(Cl)cc1Cl. The van der Waals surface area contributed by atoms with Crippen molar-refractivity contribution in [3.8, 4) is 0 Å². The smallest absolute Gasteiger partial charge is 0.147 e. The summed E-state index contributed by atoms with van der Waals surface area (Å²) in [5, 5.41) is 7.78. The Morgan fingerprint density at radius 1 is 1.22 bits per heavy atom. The van der Waals surface area contributed by atoms with Crippen LogP contribution >= 0.6 is 23.2 Å². The number of nitrogens with zero attached hydrogens (tertiary/aromatic N) is 1. The van der Waals surface area contributed by atoms with E-state index in [1.165, 1.54) is 19.3 Å². The number of nitrogens with one attached hydrogen (secondary N) is 2. The van der Waals surface area contributed by atoms with Gasteiger partial charge in [-0.2, -0.15) is 0 Å². The van der Waals surface area contributed by atoms with E-state index < -0.39 is 0 Å². The first kappa shape index (κ1) is 13.8. The molecule has 3 nitrogen and oxygen atoms in total. The highest BCUT2D eigenvalue weighted by Crippen LogP contribution is 2.40. The van der Waals surface area contributed by atoms with Crippen LogP contribution in [0.3, 0.4) is 0 Å². The fourth-order valence-corrected chi connectivity index (χ4v) is 2.74. The lowest BCUT2D eigenvalue weighted by Crippen LogP contribution is -2.44. The van der Waals surface area contributed by atoms with Gasteiger partial charge in [-0.3, -0.25) is 0 Å². The van der Waals surface area contributed by atoms with Crippen LogP contribution in [0.2, 0.25) is 10.0 Å². The quantitative estimate of drug-likeness (QED) is 0.833. The fourth-order valence-electron chi connectivity index (χ4n) is 2.27. The molecule has 0 bridgehead atoms. The Balaban J connectivity index is 2.24. The minimum atomic E-state index is 0.175. The predicted octanol–water partition coefficient (Wildman–Crippen LogP) is 4.56. The highest BCUT2D eigenvalue weighted by atomic mass is 35.5. The van der Waals surface area contributed by atoms with E-state index >= 15 is 0 Å². The molecule has 18 heavy (non-hydrogen) atoms. The summed E-state index contributed by atoms with van der Waals surface area (Å²) in [5.74, 6) is 1.43. The van der Waals surface area contributed by atoms with Crippen molar-refractivity contribution < 1.29 is 0 Å². The first-order chi connectivity index (χ1) is 8.60. The van der Waals surface area contributed by atoms with E-state index in [9.17, 15) is 0 Å². The predicted molar refractivity (Wildman–Crippen MR) is 78.9 cm³/mol. The number of anilines is 2. The van der Waals surface area contributed by atoms with Gasteiger partial charge in [-0.1, -0.05) is 30.1 Å². The van der Waals surface area contributed by atoms with E-state index in [1.807, 2.05) is 6.92 Å². The van der Waals surface area contributed by atoms with Gasteiger partial charge in [0.05, 0.1) is 10.0 Å². The van der Waals surface area contributed by atoms with Crippen LogP contribution in [0.4, 0.5) is 11.6 Å². The molecule has 0 spiro atoms. The summed E-state index contributed by atoms with van der Waals surface area (Å²) in [5.41, 5.74) is 0.175. The number of aromatic nitrogens is 1. The van der Waals surface area contributed by atoms with Gasteiger partial charge in [-0.05, 0) is 38.7 Å². The molecule has 1 aromatic heterocycles. The number of halogens is 2. The van der Waals surface area contributed by atoms with Crippen LogP contribution in [0, 0.1) is 0 Å². The molecule has 0 aliphatic heterocycles. The summed E-state index contributed by atoms with van der Waals surface area (Å²) >= 11 is 12.3. The number of pyridine rings is 1. The maximum absolute atomic E-state index is 6.21. The molecule has 0 aromatic carbocycles. The second-order valence-corrected chi connectivity index (χ2v) is 5.61. The van der Waals surface area contributed by atoms with Crippen LogP contribution in [-0.2, 0) is 0 Å². The molecule has 1 fully saturated rings. The molecule has 0 unspecified atom stereocenters. The summed E-state index contributed by atoms with van der Waals surface area (Å²) in [6.07, 6.45) is 4.72. The molecule has 1 aliphatic rings. The van der Waals surface area contributed by atoms with Crippen LogP contribution in [0.15, 0.2) is 6.07 Å². The van der Waals surface area contributed by atoms with Crippen molar-refractivity contribution >= 4 is 34.8 Å². The Morgan fingerprint density at radius 2 is 1.89 bits per heavy atom. The van der Waals surface area contributed by atoms with E-state index in [1.54, 1.807) is 6.07 Å². The molecular formula is C13H19Cl2N3. The summed E-state index contributed by atoms with van der Waals surface area (Å²) < 4.78 is 0. The van der Waals surface area contributed by atoms with Crippen molar-refractivity contribution in [2.75, 3.05) is 17.2 Å². The van der Waals surface area contributed by atoms with Gasteiger partial charge in [0.2, 0.25) is 0 Å². The third kappa shape index (κ3) is 2.67. The van der Waals surface area contributed by atoms with Gasteiger partial charge in [0.15, 0.2) is 0 Å². The molecule has 0 radical (unpaired) electrons. The molecule has 5 heteroatoms. The van der Waals surface area contributed by atoms with Gasteiger partial charge in [0, 0.05) is 12.1 Å². The van der Waals surface area contributed by atoms with E-state index in [-0.39, 0.29) is 5.54 Å². The zero-order chi connectivity index (χ0) is 13.2. The summed E-state index contributed by atoms with van der Waals surface area (Å²) in [4.78, 5) is 4.49. The maximum Gasteiger partial charge on any atom is 0.147 e. The molecule has 2 N–H and O–H groups in total. The Hall–Kier alpha value is -0.670. The Morgan fingerprint density at radius 3 is 2.39 bits per heavy atom. The monoisotopic (exact) mass is 287 g/mol. The van der Waals surface area contributed by atoms with E-state index in [4.69, 9.17) is 23.2 Å². The molecule has 0 saturated heterocycles. The first-order valence-electron chi connectivity index (χ1n) is 6.48. The lowest BCUT2D eigenvalue weighted by Gasteiger charge is -2.42. The standard InChI is InChI=1S/C13H19Cl2N3/c1-3-13(6-5-7-13)18-12-10(15)8-9(14)11(17-12)16-4-2/h8H,3-7H2,1-2H3,(H2,16,17,18). The molecule has 1 aromatic rings. The maximum atomic E-state index is 6.21. The van der Waals surface area contributed by atoms with Crippen LogP contribution in [0.25, 0.3) is 0 Å². The second-order valence-electron chi connectivity index (χ2n) is 4.79. The third-order valence-electron chi connectivity index (χ3n) is 3.64. The summed E-state index contributed by atoms with van der Waals surface area (Å²) in [6, 6.07) is 1.75. The Labute approximate surface area is 118 Å². The lowest BCUT2D eigenvalue weighted by atomic mass is 9.75. The number of hydrogen-bond donors (Lipinski definition) is 2. The fraction of sp³-hybridized carbons (Fsp3) is 0.615. The van der Waals surface area contributed by atoms with Gasteiger partial charge >= 0.3 is 0 Å². The third-order valence-corrected chi connectivity index (χ3v) is 4.22. The molecule has 1 heterocycles. The summed E-state index contributed by atoms with van der Waals surface area (Å²) in [7, 11) is 0. The normalized spacial score (nSPS) is 17.1. The van der Waals surface area contributed by atoms with E-state index in [2.05, 4.69) is 22.5 Å². The molecular weight excluding hydrogens is 269 g/mol. The van der Waals surface area contributed by atoms with Gasteiger partial charge < -0.3 is 10.6 Å². The van der Waals surface area contributed by atoms with E-state index in [0.717, 1.165) is 18.8 Å². The minimum Gasteiger partial charge on any atom is -0.369 e. The molecule has 1 saturated carbocycles. The highest BCUT2D eigenvalue weighted by molar-refractivity contribution is 6.37. The largest absolute Gasteiger partial charge is 0.369 e. The molecule has 0 atom stereocenters. The van der Waals surface area contributed by atoms with Crippen molar-refractivity contribution in [2.24, 2.45) is 0 Å². The Bertz CT molecular complexity index is 425. The topological polar surface area (TPSA) is 37.0 Å². The first-order valence-corrected chi connectivity index (χ1v) is 7.24. The minimum absolute atomic E-state index is 0.175. The van der Waals surface area contributed by atoms with Crippen LogP contribution < -0.4 is 10.6 Å². The van der Waals surface area contributed by atoms with Gasteiger partial charge in [0.25, 0.3) is 0 Å². The van der Waals surface area contributed by atoms with E-state index in [0.29, 0.717) is 15.9 Å².